The molecule has 0 atom stereocenters. The number of nitrogens with zero attached hydrogens (tertiary/aromatic N) is 2. The summed E-state index contributed by atoms with van der Waals surface area (Å²) in [5.41, 5.74) is 5.54. The van der Waals surface area contributed by atoms with Gasteiger partial charge in [0, 0.05) is 0 Å². The summed E-state index contributed by atoms with van der Waals surface area (Å²) in [5.74, 6) is -0.948. The predicted octanol–water partition coefficient (Wildman–Crippen LogP) is 2.75. The van der Waals surface area contributed by atoms with Crippen molar-refractivity contribution in [3.63, 3.8) is 0 Å². The predicted molar refractivity (Wildman–Crippen MR) is 105 cm³/mol. The minimum absolute atomic E-state index is 0.368. The number of sulfonamides is 1. The number of hydrogen-bond acceptors (Lipinski definition) is 4. The Labute approximate surface area is 158 Å². The van der Waals surface area contributed by atoms with Crippen LogP contribution in [0.1, 0.15) is 23.6 Å². The van der Waals surface area contributed by atoms with E-state index >= 15 is 0 Å². The van der Waals surface area contributed by atoms with Crippen LogP contribution < -0.4 is 9.73 Å². The second kappa shape index (κ2) is 8.30. The van der Waals surface area contributed by atoms with Crippen LogP contribution in [0.25, 0.3) is 0 Å². The van der Waals surface area contributed by atoms with Crippen molar-refractivity contribution in [2.45, 2.75) is 20.8 Å². The molecule has 2 aromatic rings. The first-order valence-electron chi connectivity index (χ1n) is 8.22. The number of carbonyl (C=O) groups excluding carboxylic acids is 1. The normalized spacial score (nSPS) is 12.0. The molecule has 0 saturated carbocycles. The molecular formula is C19H22FN3O3S. The van der Waals surface area contributed by atoms with Gasteiger partial charge >= 0.3 is 0 Å². The van der Waals surface area contributed by atoms with E-state index in [0.29, 0.717) is 17.0 Å². The van der Waals surface area contributed by atoms with Crippen molar-refractivity contribution in [3.8, 4) is 0 Å². The van der Waals surface area contributed by atoms with Crippen LogP contribution in [0.5, 0.6) is 0 Å². The highest BCUT2D eigenvalue weighted by atomic mass is 32.2. The third-order valence-corrected chi connectivity index (χ3v) is 5.06. The van der Waals surface area contributed by atoms with Gasteiger partial charge in [-0.25, -0.2) is 18.2 Å². The summed E-state index contributed by atoms with van der Waals surface area (Å²) in [6, 6.07) is 11.1. The van der Waals surface area contributed by atoms with Crippen LogP contribution in [0.3, 0.4) is 0 Å². The highest BCUT2D eigenvalue weighted by Gasteiger charge is 2.22. The number of amides is 1. The molecule has 1 N–H and O–H groups in total. The number of nitrogens with one attached hydrogen (secondary N) is 1. The van der Waals surface area contributed by atoms with Crippen LogP contribution in [-0.2, 0) is 14.8 Å². The first-order valence-corrected chi connectivity index (χ1v) is 10.1. The molecule has 0 heterocycles. The standard InChI is InChI=1S/C19H22FN3O3S/c1-13-5-6-14(2)18(11-13)23(27(4,25)26)12-19(24)22-21-15(3)16-7-9-17(20)10-8-16/h5-11H,12H2,1-4H3,(H,22,24)/b21-15-. The van der Waals surface area contributed by atoms with Crippen LogP contribution in [0.4, 0.5) is 10.1 Å². The number of benzene rings is 2. The smallest absolute Gasteiger partial charge is 0.260 e. The number of hydrogen-bond donors (Lipinski definition) is 1. The van der Waals surface area contributed by atoms with Gasteiger partial charge in [0.1, 0.15) is 12.4 Å². The van der Waals surface area contributed by atoms with E-state index in [9.17, 15) is 17.6 Å². The first kappa shape index (κ1) is 20.6. The molecule has 0 bridgehead atoms. The zero-order valence-electron chi connectivity index (χ0n) is 15.7. The summed E-state index contributed by atoms with van der Waals surface area (Å²) in [6.45, 7) is 4.89. The number of anilines is 1. The third kappa shape index (κ3) is 5.62. The Morgan fingerprint density at radius 2 is 1.78 bits per heavy atom. The molecule has 0 aliphatic carbocycles. The van der Waals surface area contributed by atoms with Gasteiger partial charge in [-0.2, -0.15) is 5.10 Å². The van der Waals surface area contributed by atoms with Gasteiger partial charge < -0.3 is 0 Å². The minimum atomic E-state index is -3.67. The SMILES string of the molecule is C/C(=N/NC(=O)CN(c1cc(C)ccc1C)S(C)(=O)=O)c1ccc(F)cc1. The number of aryl methyl sites for hydroxylation is 2. The second-order valence-corrected chi connectivity index (χ2v) is 8.21. The molecule has 27 heavy (non-hydrogen) atoms. The summed E-state index contributed by atoms with van der Waals surface area (Å²) < 4.78 is 38.4. The largest absolute Gasteiger partial charge is 0.271 e. The zero-order chi connectivity index (χ0) is 20.2. The Balaban J connectivity index is 2.18. The van der Waals surface area contributed by atoms with Gasteiger partial charge in [0.2, 0.25) is 10.0 Å². The molecule has 8 heteroatoms. The van der Waals surface area contributed by atoms with Crippen molar-refractivity contribution < 1.29 is 17.6 Å². The molecule has 0 saturated heterocycles. The summed E-state index contributed by atoms with van der Waals surface area (Å²) >= 11 is 0. The van der Waals surface area contributed by atoms with Crippen LogP contribution in [0, 0.1) is 19.7 Å². The minimum Gasteiger partial charge on any atom is -0.271 e. The van der Waals surface area contributed by atoms with Gasteiger partial charge in [-0.05, 0) is 55.7 Å². The molecule has 1 amide bonds. The van der Waals surface area contributed by atoms with Crippen LogP contribution in [0.15, 0.2) is 47.6 Å². The first-order chi connectivity index (χ1) is 12.6. The van der Waals surface area contributed by atoms with Crippen LogP contribution >= 0.6 is 0 Å². The average Bonchev–Trinajstić information content (AvgIpc) is 2.59. The van der Waals surface area contributed by atoms with Crippen LogP contribution in [0.2, 0.25) is 0 Å². The zero-order valence-corrected chi connectivity index (χ0v) is 16.5. The molecule has 0 fully saturated rings. The number of hydrazone groups is 1. The Bertz CT molecular complexity index is 970. The van der Waals surface area contributed by atoms with Crippen molar-refractivity contribution in [2.75, 3.05) is 17.1 Å². The molecule has 0 aliphatic heterocycles. The molecule has 144 valence electrons. The maximum absolute atomic E-state index is 13.0. The molecule has 0 aliphatic rings. The fourth-order valence-electron chi connectivity index (χ4n) is 2.44. The molecule has 0 unspecified atom stereocenters. The van der Waals surface area contributed by atoms with Crippen molar-refractivity contribution in [1.82, 2.24) is 5.43 Å². The Kier molecular flexibility index (Phi) is 6.32. The van der Waals surface area contributed by atoms with E-state index in [0.717, 1.165) is 21.7 Å². The van der Waals surface area contributed by atoms with Gasteiger partial charge in [0.05, 0.1) is 17.7 Å². The van der Waals surface area contributed by atoms with Crippen molar-refractivity contribution in [1.29, 1.82) is 0 Å². The lowest BCUT2D eigenvalue weighted by Crippen LogP contribution is -2.39. The second-order valence-electron chi connectivity index (χ2n) is 6.30. The summed E-state index contributed by atoms with van der Waals surface area (Å²) in [6.07, 6.45) is 1.05. The summed E-state index contributed by atoms with van der Waals surface area (Å²) in [7, 11) is -3.67. The molecule has 2 rings (SSSR count). The summed E-state index contributed by atoms with van der Waals surface area (Å²) in [4.78, 5) is 12.3. The lowest BCUT2D eigenvalue weighted by Gasteiger charge is -2.23. The molecule has 0 radical (unpaired) electrons. The van der Waals surface area contributed by atoms with Gasteiger partial charge in [-0.1, -0.05) is 24.3 Å². The molecule has 0 aromatic heterocycles. The molecule has 6 nitrogen and oxygen atoms in total. The van der Waals surface area contributed by atoms with Crippen molar-refractivity contribution in [3.05, 3.63) is 65.0 Å². The highest BCUT2D eigenvalue weighted by molar-refractivity contribution is 7.92. The van der Waals surface area contributed by atoms with Gasteiger partial charge in [0.15, 0.2) is 0 Å². The van der Waals surface area contributed by atoms with Gasteiger partial charge in [0.25, 0.3) is 5.91 Å². The van der Waals surface area contributed by atoms with E-state index in [1.165, 1.54) is 12.1 Å². The molecule has 0 spiro atoms. The third-order valence-electron chi connectivity index (χ3n) is 3.93. The molecular weight excluding hydrogens is 369 g/mol. The quantitative estimate of drug-likeness (QED) is 0.607. The van der Waals surface area contributed by atoms with E-state index in [2.05, 4.69) is 10.5 Å². The van der Waals surface area contributed by atoms with E-state index < -0.39 is 22.5 Å². The molecule has 2 aromatic carbocycles. The number of carbonyl (C=O) groups is 1. The maximum atomic E-state index is 13.0. The monoisotopic (exact) mass is 391 g/mol. The average molecular weight is 391 g/mol. The Hall–Kier alpha value is -2.74. The van der Waals surface area contributed by atoms with Crippen molar-refractivity contribution >= 4 is 27.3 Å². The van der Waals surface area contributed by atoms with E-state index in [1.807, 2.05) is 13.0 Å². The number of rotatable bonds is 6. The fourth-order valence-corrected chi connectivity index (χ4v) is 3.34. The van der Waals surface area contributed by atoms with E-state index in [1.54, 1.807) is 38.1 Å². The van der Waals surface area contributed by atoms with E-state index in [4.69, 9.17) is 0 Å². The summed E-state index contributed by atoms with van der Waals surface area (Å²) in [5, 5.41) is 3.97. The van der Waals surface area contributed by atoms with Gasteiger partial charge in [-0.3, -0.25) is 9.10 Å². The van der Waals surface area contributed by atoms with Gasteiger partial charge in [-0.15, -0.1) is 0 Å². The van der Waals surface area contributed by atoms with E-state index in [-0.39, 0.29) is 5.82 Å². The Morgan fingerprint density at radius 1 is 1.15 bits per heavy atom. The Morgan fingerprint density at radius 3 is 2.37 bits per heavy atom. The highest BCUT2D eigenvalue weighted by Crippen LogP contribution is 2.23. The lowest BCUT2D eigenvalue weighted by atomic mass is 10.1. The van der Waals surface area contributed by atoms with Crippen molar-refractivity contribution in [2.24, 2.45) is 5.10 Å². The lowest BCUT2D eigenvalue weighted by molar-refractivity contribution is -0.119. The fraction of sp³-hybridized carbons (Fsp3) is 0.263. The maximum Gasteiger partial charge on any atom is 0.260 e. The van der Waals surface area contributed by atoms with Crippen LogP contribution in [-0.4, -0.2) is 32.8 Å². The number of halogens is 1. The topological polar surface area (TPSA) is 78.8 Å².